The molecule has 3 rings (SSSR count). The molecule has 1 N–H and O–H groups in total. The number of para-hydroxylation sites is 1. The van der Waals surface area contributed by atoms with Crippen molar-refractivity contribution in [2.75, 3.05) is 5.32 Å². The summed E-state index contributed by atoms with van der Waals surface area (Å²) in [7, 11) is 0. The molecule has 1 heterocycles. The predicted octanol–water partition coefficient (Wildman–Crippen LogP) is 4.27. The summed E-state index contributed by atoms with van der Waals surface area (Å²) in [4.78, 5) is 20.9. The maximum atomic E-state index is 12.1. The van der Waals surface area contributed by atoms with Gasteiger partial charge in [-0.25, -0.2) is 9.97 Å². The number of aryl methyl sites for hydroxylation is 1. The predicted molar refractivity (Wildman–Crippen MR) is 95.2 cm³/mol. The average Bonchev–Trinajstić information content (AvgIpc) is 2.55. The van der Waals surface area contributed by atoms with Crippen molar-refractivity contribution in [2.24, 2.45) is 0 Å². The van der Waals surface area contributed by atoms with Gasteiger partial charge >= 0.3 is 0 Å². The fraction of sp³-hybridized carbons (Fsp3) is 0.0556. The van der Waals surface area contributed by atoms with Gasteiger partial charge in [0, 0.05) is 11.3 Å². The molecule has 0 aliphatic rings. The zero-order valence-corrected chi connectivity index (χ0v) is 13.4. The highest BCUT2D eigenvalue weighted by molar-refractivity contribution is 7.97. The van der Waals surface area contributed by atoms with Gasteiger partial charge in [-0.2, -0.15) is 0 Å². The second kappa shape index (κ2) is 6.62. The molecule has 23 heavy (non-hydrogen) atoms. The van der Waals surface area contributed by atoms with E-state index in [1.165, 1.54) is 0 Å². The van der Waals surface area contributed by atoms with Gasteiger partial charge in [-0.1, -0.05) is 48.5 Å². The van der Waals surface area contributed by atoms with Gasteiger partial charge in [-0.05, 0) is 19.1 Å². The minimum atomic E-state index is -0.373. The number of hydrogen-bond donors (Lipinski definition) is 2. The zero-order valence-electron chi connectivity index (χ0n) is 12.5. The lowest BCUT2D eigenvalue weighted by Gasteiger charge is -2.14. The number of carbonyl (C=O) groups excluding carboxylic acids is 1. The first-order valence-electron chi connectivity index (χ1n) is 7.14. The zero-order chi connectivity index (χ0) is 16.2. The minimum absolute atomic E-state index is 0.369. The van der Waals surface area contributed by atoms with Crippen LogP contribution in [0.3, 0.4) is 0 Å². The summed E-state index contributed by atoms with van der Waals surface area (Å²) in [6.07, 6.45) is 0. The van der Waals surface area contributed by atoms with Crippen LogP contribution in [0, 0.1) is 6.92 Å². The van der Waals surface area contributed by atoms with Gasteiger partial charge in [0.1, 0.15) is 11.6 Å². The number of nitrogens with zero attached hydrogens (tertiary/aromatic N) is 2. The molecule has 0 unspecified atom stereocenters. The molecule has 0 aliphatic carbocycles. The lowest BCUT2D eigenvalue weighted by molar-refractivity contribution is 0.109. The Labute approximate surface area is 140 Å². The third kappa shape index (κ3) is 3.40. The Morgan fingerprint density at radius 2 is 1.57 bits per heavy atom. The van der Waals surface area contributed by atoms with Gasteiger partial charge in [0.2, 0.25) is 5.12 Å². The minimum Gasteiger partial charge on any atom is -0.339 e. The van der Waals surface area contributed by atoms with Crippen molar-refractivity contribution in [1.29, 1.82) is 0 Å². The summed E-state index contributed by atoms with van der Waals surface area (Å²) >= 11 is 4.02. The highest BCUT2D eigenvalue weighted by atomic mass is 32.1. The average molecular weight is 321 g/mol. The summed E-state index contributed by atoms with van der Waals surface area (Å²) in [6, 6.07) is 19.1. The van der Waals surface area contributed by atoms with Crippen molar-refractivity contribution in [3.8, 4) is 11.3 Å². The molecule has 0 radical (unpaired) electrons. The Kier molecular flexibility index (Phi) is 4.39. The molecule has 4 nitrogen and oxygen atoms in total. The maximum Gasteiger partial charge on any atom is 0.222 e. The lowest BCUT2D eigenvalue weighted by atomic mass is 10.1. The van der Waals surface area contributed by atoms with E-state index >= 15 is 0 Å². The number of nitrogens with one attached hydrogen (secondary N) is 1. The molecule has 2 aromatic carbocycles. The van der Waals surface area contributed by atoms with E-state index in [1.54, 1.807) is 6.92 Å². The summed E-state index contributed by atoms with van der Waals surface area (Å²) in [5.74, 6) is 1.04. The summed E-state index contributed by atoms with van der Waals surface area (Å²) in [6.45, 7) is 1.80. The van der Waals surface area contributed by atoms with Crippen LogP contribution >= 0.6 is 12.6 Å². The lowest BCUT2D eigenvalue weighted by Crippen LogP contribution is -2.08. The van der Waals surface area contributed by atoms with Crippen molar-refractivity contribution in [1.82, 2.24) is 9.97 Å². The highest BCUT2D eigenvalue weighted by Crippen LogP contribution is 2.29. The fourth-order valence-corrected chi connectivity index (χ4v) is 2.54. The Morgan fingerprint density at radius 3 is 2.17 bits per heavy atom. The smallest absolute Gasteiger partial charge is 0.222 e. The van der Waals surface area contributed by atoms with Crippen LogP contribution in [0.4, 0.5) is 11.5 Å². The summed E-state index contributed by atoms with van der Waals surface area (Å²) < 4.78 is 0. The number of aromatic nitrogens is 2. The van der Waals surface area contributed by atoms with Gasteiger partial charge in [0.25, 0.3) is 0 Å². The van der Waals surface area contributed by atoms with Crippen LogP contribution in [0.15, 0.2) is 60.7 Å². The molecule has 0 spiro atoms. The molecule has 0 amide bonds. The van der Waals surface area contributed by atoms with Crippen molar-refractivity contribution in [3.05, 3.63) is 72.1 Å². The first-order chi connectivity index (χ1) is 11.1. The second-order valence-corrected chi connectivity index (χ2v) is 5.41. The highest BCUT2D eigenvalue weighted by Gasteiger charge is 2.19. The number of carbonyl (C=O) groups is 1. The molecule has 5 heteroatoms. The van der Waals surface area contributed by atoms with Crippen molar-refractivity contribution >= 4 is 29.2 Å². The number of rotatable bonds is 4. The van der Waals surface area contributed by atoms with Crippen LogP contribution in [0.2, 0.25) is 0 Å². The quantitative estimate of drug-likeness (QED) is 0.705. The third-order valence-electron chi connectivity index (χ3n) is 3.32. The largest absolute Gasteiger partial charge is 0.339 e. The van der Waals surface area contributed by atoms with Crippen LogP contribution in [-0.2, 0) is 0 Å². The Bertz CT molecular complexity index is 836. The van der Waals surface area contributed by atoms with Crippen LogP contribution in [0.25, 0.3) is 11.3 Å². The van der Waals surface area contributed by atoms with Crippen molar-refractivity contribution in [3.63, 3.8) is 0 Å². The number of thiol groups is 1. The Balaban J connectivity index is 2.16. The van der Waals surface area contributed by atoms with Crippen LogP contribution in [0.1, 0.15) is 16.2 Å². The van der Waals surface area contributed by atoms with Crippen LogP contribution in [-0.4, -0.2) is 15.1 Å². The van der Waals surface area contributed by atoms with E-state index in [4.69, 9.17) is 0 Å². The monoisotopic (exact) mass is 321 g/mol. The molecule has 0 bridgehead atoms. The van der Waals surface area contributed by atoms with E-state index in [0.717, 1.165) is 11.3 Å². The van der Waals surface area contributed by atoms with Crippen molar-refractivity contribution in [2.45, 2.75) is 6.92 Å². The SMILES string of the molecule is Cc1nc(Nc2ccccc2)c(C(=O)S)c(-c2ccccc2)n1. The maximum absolute atomic E-state index is 12.1. The molecule has 0 saturated carbocycles. The molecule has 0 aliphatic heterocycles. The molecule has 1 aromatic heterocycles. The summed E-state index contributed by atoms with van der Waals surface area (Å²) in [5, 5.41) is 2.81. The number of anilines is 2. The molecule has 0 atom stereocenters. The van der Waals surface area contributed by atoms with Crippen LogP contribution < -0.4 is 5.32 Å². The van der Waals surface area contributed by atoms with E-state index in [-0.39, 0.29) is 5.12 Å². The molecule has 114 valence electrons. The number of benzene rings is 2. The molecular formula is C18H15N3OS. The van der Waals surface area contributed by atoms with E-state index in [9.17, 15) is 4.79 Å². The topological polar surface area (TPSA) is 54.9 Å². The first-order valence-corrected chi connectivity index (χ1v) is 7.59. The van der Waals surface area contributed by atoms with Gasteiger partial charge in [-0.3, -0.25) is 4.79 Å². The van der Waals surface area contributed by atoms with E-state index < -0.39 is 0 Å². The molecule has 0 saturated heterocycles. The van der Waals surface area contributed by atoms with E-state index in [1.807, 2.05) is 60.7 Å². The number of hydrogen-bond acceptors (Lipinski definition) is 4. The van der Waals surface area contributed by atoms with Crippen molar-refractivity contribution < 1.29 is 4.79 Å². The molecular weight excluding hydrogens is 306 g/mol. The molecule has 0 fully saturated rings. The Hall–Kier alpha value is -2.66. The first kappa shape index (κ1) is 15.2. The summed E-state index contributed by atoms with van der Waals surface area (Å²) in [5.41, 5.74) is 2.65. The van der Waals surface area contributed by atoms with Gasteiger partial charge in [0.05, 0.1) is 11.3 Å². The molecule has 3 aromatic rings. The fourth-order valence-electron chi connectivity index (χ4n) is 2.33. The van der Waals surface area contributed by atoms with E-state index in [2.05, 4.69) is 27.9 Å². The third-order valence-corrected chi connectivity index (χ3v) is 3.54. The second-order valence-electron chi connectivity index (χ2n) is 5.01. The van der Waals surface area contributed by atoms with Gasteiger partial charge < -0.3 is 5.32 Å². The van der Waals surface area contributed by atoms with E-state index in [0.29, 0.717) is 22.9 Å². The van der Waals surface area contributed by atoms with Gasteiger partial charge in [0.15, 0.2) is 0 Å². The van der Waals surface area contributed by atoms with Gasteiger partial charge in [-0.15, -0.1) is 12.6 Å². The van der Waals surface area contributed by atoms with Crippen LogP contribution in [0.5, 0.6) is 0 Å². The normalized spacial score (nSPS) is 10.3. The Morgan fingerprint density at radius 1 is 0.957 bits per heavy atom. The standard InChI is InChI=1S/C18H15N3OS/c1-12-19-16(13-8-4-2-5-9-13)15(18(22)23)17(20-12)21-14-10-6-3-7-11-14/h2-11H,1H3,(H,22,23)(H,19,20,21).